The SMILES string of the molecule is CC(C)CNC[C@H](O)COc1ccc(C#N)cc1. The highest BCUT2D eigenvalue weighted by Gasteiger charge is 2.05. The molecule has 2 N–H and O–H groups in total. The van der Waals surface area contributed by atoms with Gasteiger partial charge in [-0.3, -0.25) is 0 Å². The zero-order valence-corrected chi connectivity index (χ0v) is 10.9. The highest BCUT2D eigenvalue weighted by molar-refractivity contribution is 5.34. The molecule has 1 rings (SSSR count). The van der Waals surface area contributed by atoms with Crippen molar-refractivity contribution < 1.29 is 9.84 Å². The number of aliphatic hydroxyl groups is 1. The van der Waals surface area contributed by atoms with Crippen LogP contribution in [-0.2, 0) is 0 Å². The zero-order chi connectivity index (χ0) is 13.4. The number of aliphatic hydroxyl groups excluding tert-OH is 1. The summed E-state index contributed by atoms with van der Waals surface area (Å²) in [5.74, 6) is 1.23. The van der Waals surface area contributed by atoms with Crippen LogP contribution in [0.3, 0.4) is 0 Å². The molecule has 18 heavy (non-hydrogen) atoms. The first-order valence-corrected chi connectivity index (χ1v) is 6.13. The van der Waals surface area contributed by atoms with E-state index in [-0.39, 0.29) is 6.61 Å². The highest BCUT2D eigenvalue weighted by atomic mass is 16.5. The molecule has 0 saturated carbocycles. The van der Waals surface area contributed by atoms with Crippen LogP contribution >= 0.6 is 0 Å². The number of rotatable bonds is 7. The highest BCUT2D eigenvalue weighted by Crippen LogP contribution is 2.11. The van der Waals surface area contributed by atoms with Crippen LogP contribution in [0.4, 0.5) is 0 Å². The quantitative estimate of drug-likeness (QED) is 0.768. The molecule has 0 aliphatic rings. The fourth-order valence-corrected chi connectivity index (χ4v) is 1.42. The van der Waals surface area contributed by atoms with E-state index < -0.39 is 6.10 Å². The summed E-state index contributed by atoms with van der Waals surface area (Å²) < 4.78 is 5.43. The normalized spacial score (nSPS) is 12.2. The lowest BCUT2D eigenvalue weighted by Crippen LogP contribution is -2.33. The third-order valence-electron chi connectivity index (χ3n) is 2.36. The Morgan fingerprint density at radius 1 is 1.28 bits per heavy atom. The summed E-state index contributed by atoms with van der Waals surface area (Å²) in [6, 6.07) is 8.89. The molecule has 0 radical (unpaired) electrons. The number of hydrogen-bond donors (Lipinski definition) is 2. The molecular weight excluding hydrogens is 228 g/mol. The van der Waals surface area contributed by atoms with Gasteiger partial charge in [-0.05, 0) is 36.7 Å². The van der Waals surface area contributed by atoms with Gasteiger partial charge in [0.1, 0.15) is 18.5 Å². The van der Waals surface area contributed by atoms with Gasteiger partial charge in [-0.1, -0.05) is 13.8 Å². The minimum atomic E-state index is -0.528. The molecule has 0 aromatic heterocycles. The molecule has 0 aliphatic heterocycles. The van der Waals surface area contributed by atoms with Gasteiger partial charge in [0.2, 0.25) is 0 Å². The molecule has 1 aromatic carbocycles. The molecule has 4 heteroatoms. The van der Waals surface area contributed by atoms with Crippen LogP contribution < -0.4 is 10.1 Å². The van der Waals surface area contributed by atoms with Crippen LogP contribution in [0.5, 0.6) is 5.75 Å². The van der Waals surface area contributed by atoms with E-state index in [1.807, 2.05) is 6.07 Å². The Bertz CT molecular complexity index is 382. The third-order valence-corrected chi connectivity index (χ3v) is 2.36. The van der Waals surface area contributed by atoms with Gasteiger partial charge in [-0.2, -0.15) is 5.26 Å². The van der Waals surface area contributed by atoms with Crippen molar-refractivity contribution in [2.75, 3.05) is 19.7 Å². The van der Waals surface area contributed by atoms with Gasteiger partial charge in [0, 0.05) is 6.54 Å². The summed E-state index contributed by atoms with van der Waals surface area (Å²) in [6.45, 7) is 5.89. The second kappa shape index (κ2) is 7.70. The van der Waals surface area contributed by atoms with Crippen molar-refractivity contribution in [2.24, 2.45) is 5.92 Å². The number of nitriles is 1. The van der Waals surface area contributed by atoms with E-state index in [4.69, 9.17) is 10.00 Å². The van der Waals surface area contributed by atoms with E-state index in [1.165, 1.54) is 0 Å². The van der Waals surface area contributed by atoms with E-state index in [0.29, 0.717) is 23.8 Å². The van der Waals surface area contributed by atoms with Crippen LogP contribution in [0.25, 0.3) is 0 Å². The van der Waals surface area contributed by atoms with E-state index in [2.05, 4.69) is 19.2 Å². The molecule has 0 amide bonds. The maximum Gasteiger partial charge on any atom is 0.119 e. The molecular formula is C14H20N2O2. The van der Waals surface area contributed by atoms with Crippen LogP contribution in [0.2, 0.25) is 0 Å². The van der Waals surface area contributed by atoms with Gasteiger partial charge >= 0.3 is 0 Å². The number of benzene rings is 1. The summed E-state index contributed by atoms with van der Waals surface area (Å²) >= 11 is 0. The largest absolute Gasteiger partial charge is 0.491 e. The lowest BCUT2D eigenvalue weighted by molar-refractivity contribution is 0.106. The van der Waals surface area contributed by atoms with Crippen molar-refractivity contribution in [2.45, 2.75) is 20.0 Å². The Morgan fingerprint density at radius 3 is 2.50 bits per heavy atom. The Labute approximate surface area is 108 Å². The number of nitrogens with zero attached hydrogens (tertiary/aromatic N) is 1. The Hall–Kier alpha value is -1.57. The van der Waals surface area contributed by atoms with E-state index >= 15 is 0 Å². The van der Waals surface area contributed by atoms with Gasteiger partial charge < -0.3 is 15.2 Å². The molecule has 0 fully saturated rings. The minimum absolute atomic E-state index is 0.247. The lowest BCUT2D eigenvalue weighted by Gasteiger charge is -2.14. The van der Waals surface area contributed by atoms with Crippen molar-refractivity contribution in [3.8, 4) is 11.8 Å². The molecule has 0 saturated heterocycles. The smallest absolute Gasteiger partial charge is 0.119 e. The van der Waals surface area contributed by atoms with Crippen molar-refractivity contribution in [1.82, 2.24) is 5.32 Å². The van der Waals surface area contributed by atoms with E-state index in [1.54, 1.807) is 24.3 Å². The number of nitrogens with one attached hydrogen (secondary N) is 1. The molecule has 0 spiro atoms. The summed E-state index contributed by atoms with van der Waals surface area (Å²) in [4.78, 5) is 0. The second-order valence-electron chi connectivity index (χ2n) is 4.65. The van der Waals surface area contributed by atoms with E-state index in [0.717, 1.165) is 6.54 Å². The van der Waals surface area contributed by atoms with Gasteiger partial charge in [0.05, 0.1) is 11.6 Å². The van der Waals surface area contributed by atoms with Gasteiger partial charge in [-0.25, -0.2) is 0 Å². The molecule has 1 aromatic rings. The average molecular weight is 248 g/mol. The Morgan fingerprint density at radius 2 is 1.94 bits per heavy atom. The van der Waals surface area contributed by atoms with Crippen molar-refractivity contribution in [1.29, 1.82) is 5.26 Å². The molecule has 4 nitrogen and oxygen atoms in total. The zero-order valence-electron chi connectivity index (χ0n) is 10.9. The first-order chi connectivity index (χ1) is 8.61. The molecule has 0 heterocycles. The first kappa shape index (κ1) is 14.5. The minimum Gasteiger partial charge on any atom is -0.491 e. The first-order valence-electron chi connectivity index (χ1n) is 6.13. The number of ether oxygens (including phenoxy) is 1. The predicted molar refractivity (Wildman–Crippen MR) is 70.4 cm³/mol. The Kier molecular flexibility index (Phi) is 6.20. The predicted octanol–water partition coefficient (Wildman–Crippen LogP) is 1.54. The van der Waals surface area contributed by atoms with Crippen LogP contribution in [0.1, 0.15) is 19.4 Å². The second-order valence-corrected chi connectivity index (χ2v) is 4.65. The van der Waals surface area contributed by atoms with Crippen molar-refractivity contribution in [3.05, 3.63) is 29.8 Å². The fourth-order valence-electron chi connectivity index (χ4n) is 1.42. The summed E-state index contributed by atoms with van der Waals surface area (Å²) in [5.41, 5.74) is 0.599. The fraction of sp³-hybridized carbons (Fsp3) is 0.500. The average Bonchev–Trinajstić information content (AvgIpc) is 2.36. The van der Waals surface area contributed by atoms with Crippen molar-refractivity contribution >= 4 is 0 Å². The van der Waals surface area contributed by atoms with Gasteiger partial charge in [0.15, 0.2) is 0 Å². The topological polar surface area (TPSA) is 65.3 Å². The maximum atomic E-state index is 9.68. The molecule has 0 bridgehead atoms. The van der Waals surface area contributed by atoms with Gasteiger partial charge in [-0.15, -0.1) is 0 Å². The van der Waals surface area contributed by atoms with Crippen LogP contribution in [0, 0.1) is 17.2 Å². The molecule has 0 aliphatic carbocycles. The third kappa shape index (κ3) is 5.67. The monoisotopic (exact) mass is 248 g/mol. The van der Waals surface area contributed by atoms with Crippen LogP contribution in [0.15, 0.2) is 24.3 Å². The summed E-state index contributed by atoms with van der Waals surface area (Å²) in [5, 5.41) is 21.5. The standard InChI is InChI=1S/C14H20N2O2/c1-11(2)8-16-9-13(17)10-18-14-5-3-12(7-15)4-6-14/h3-6,11,13,16-17H,8-10H2,1-2H3/t13-/m0/s1. The maximum absolute atomic E-state index is 9.68. The molecule has 0 unspecified atom stereocenters. The van der Waals surface area contributed by atoms with Crippen LogP contribution in [-0.4, -0.2) is 30.9 Å². The lowest BCUT2D eigenvalue weighted by atomic mass is 10.2. The number of hydrogen-bond acceptors (Lipinski definition) is 4. The van der Waals surface area contributed by atoms with E-state index in [9.17, 15) is 5.11 Å². The Balaban J connectivity index is 2.25. The molecule has 98 valence electrons. The summed E-state index contributed by atoms with van der Waals surface area (Å²) in [6.07, 6.45) is -0.528. The summed E-state index contributed by atoms with van der Waals surface area (Å²) in [7, 11) is 0. The van der Waals surface area contributed by atoms with Gasteiger partial charge in [0.25, 0.3) is 0 Å². The van der Waals surface area contributed by atoms with Crippen molar-refractivity contribution in [3.63, 3.8) is 0 Å². The molecule has 1 atom stereocenters.